The first-order valence-electron chi connectivity index (χ1n) is 8.17. The molecule has 5 nitrogen and oxygen atoms in total. The lowest BCUT2D eigenvalue weighted by Gasteiger charge is -2.09. The van der Waals surface area contributed by atoms with E-state index in [2.05, 4.69) is 15.6 Å². The Labute approximate surface area is 158 Å². The summed E-state index contributed by atoms with van der Waals surface area (Å²) in [6.07, 6.45) is 2.98. The number of hydrogen-bond acceptors (Lipinski definition) is 3. The third kappa shape index (κ3) is 4.35. The molecule has 2 aromatic carbocycles. The Morgan fingerprint density at radius 1 is 0.929 bits per heavy atom. The summed E-state index contributed by atoms with van der Waals surface area (Å²) in [5, 5.41) is 5.12. The highest BCUT2D eigenvalue weighted by Gasteiger charge is 2.18. The summed E-state index contributed by atoms with van der Waals surface area (Å²) in [5.74, 6) is -5.85. The summed E-state index contributed by atoms with van der Waals surface area (Å²) in [5.41, 5.74) is 0.884. The summed E-state index contributed by atoms with van der Waals surface area (Å²) in [4.78, 5) is 28.1. The van der Waals surface area contributed by atoms with Crippen LogP contribution in [0.1, 0.15) is 26.3 Å². The molecule has 142 valence electrons. The van der Waals surface area contributed by atoms with Gasteiger partial charge in [0.05, 0.1) is 11.1 Å². The molecule has 0 fully saturated rings. The highest BCUT2D eigenvalue weighted by atomic mass is 19.2. The molecule has 8 heteroatoms. The number of nitrogens with one attached hydrogen (secondary N) is 2. The van der Waals surface area contributed by atoms with Gasteiger partial charge in [-0.2, -0.15) is 0 Å². The first-order valence-corrected chi connectivity index (χ1v) is 8.17. The number of halogens is 3. The van der Waals surface area contributed by atoms with Crippen LogP contribution in [0.5, 0.6) is 0 Å². The Hall–Kier alpha value is -3.68. The Bertz CT molecular complexity index is 1030. The van der Waals surface area contributed by atoms with Crippen LogP contribution >= 0.6 is 0 Å². The molecule has 3 aromatic rings. The van der Waals surface area contributed by atoms with E-state index in [1.54, 1.807) is 42.6 Å². The van der Waals surface area contributed by atoms with Gasteiger partial charge in [-0.25, -0.2) is 13.2 Å². The number of pyridine rings is 1. The lowest BCUT2D eigenvalue weighted by Crippen LogP contribution is -2.24. The topological polar surface area (TPSA) is 71.1 Å². The minimum atomic E-state index is -1.70. The molecule has 2 N–H and O–H groups in total. The van der Waals surface area contributed by atoms with Gasteiger partial charge < -0.3 is 10.6 Å². The quantitative estimate of drug-likeness (QED) is 0.658. The van der Waals surface area contributed by atoms with Crippen molar-refractivity contribution < 1.29 is 22.8 Å². The van der Waals surface area contributed by atoms with Gasteiger partial charge in [-0.15, -0.1) is 0 Å². The largest absolute Gasteiger partial charge is 0.348 e. The van der Waals surface area contributed by atoms with Gasteiger partial charge in [0.15, 0.2) is 17.5 Å². The van der Waals surface area contributed by atoms with Crippen LogP contribution < -0.4 is 10.6 Å². The Balaban J connectivity index is 1.66. The standard InChI is InChI=1S/C20H14F3N3O2/c21-16-7-6-15(17(22)18(16)23)20(28)25-10-12-3-1-5-14(9-12)26-19(27)13-4-2-8-24-11-13/h1-9,11H,10H2,(H,25,28)(H,26,27). The molecule has 0 spiro atoms. The fourth-order valence-electron chi connectivity index (χ4n) is 2.44. The minimum absolute atomic E-state index is 0.00608. The van der Waals surface area contributed by atoms with Gasteiger partial charge in [0.25, 0.3) is 11.8 Å². The number of amides is 2. The van der Waals surface area contributed by atoms with Crippen LogP contribution in [-0.2, 0) is 6.54 Å². The molecule has 0 saturated heterocycles. The molecular formula is C20H14F3N3O2. The molecule has 0 radical (unpaired) electrons. The van der Waals surface area contributed by atoms with Crippen molar-refractivity contribution in [3.05, 3.63) is 95.1 Å². The van der Waals surface area contributed by atoms with E-state index in [1.807, 2.05) is 0 Å². The average Bonchev–Trinajstić information content (AvgIpc) is 2.71. The Morgan fingerprint density at radius 2 is 1.75 bits per heavy atom. The second-order valence-electron chi connectivity index (χ2n) is 5.80. The van der Waals surface area contributed by atoms with Gasteiger partial charge in [0.2, 0.25) is 0 Å². The van der Waals surface area contributed by atoms with Crippen molar-refractivity contribution in [1.82, 2.24) is 10.3 Å². The van der Waals surface area contributed by atoms with Crippen LogP contribution in [-0.4, -0.2) is 16.8 Å². The number of anilines is 1. The SMILES string of the molecule is O=C(Nc1cccc(CNC(=O)c2ccc(F)c(F)c2F)c1)c1cccnc1. The fraction of sp³-hybridized carbons (Fsp3) is 0.0500. The Morgan fingerprint density at radius 3 is 2.50 bits per heavy atom. The van der Waals surface area contributed by atoms with Crippen molar-refractivity contribution >= 4 is 17.5 Å². The van der Waals surface area contributed by atoms with Crippen molar-refractivity contribution in [1.29, 1.82) is 0 Å². The molecule has 0 bridgehead atoms. The molecule has 28 heavy (non-hydrogen) atoms. The zero-order chi connectivity index (χ0) is 20.1. The second-order valence-corrected chi connectivity index (χ2v) is 5.80. The van der Waals surface area contributed by atoms with E-state index in [0.29, 0.717) is 22.9 Å². The van der Waals surface area contributed by atoms with Crippen molar-refractivity contribution in [2.45, 2.75) is 6.54 Å². The third-order valence-corrected chi connectivity index (χ3v) is 3.84. The van der Waals surface area contributed by atoms with Crippen LogP contribution in [0.3, 0.4) is 0 Å². The fourth-order valence-corrected chi connectivity index (χ4v) is 2.44. The van der Waals surface area contributed by atoms with Gasteiger partial charge in [-0.3, -0.25) is 14.6 Å². The predicted octanol–water partition coefficient (Wildman–Crippen LogP) is 3.68. The number of benzene rings is 2. The summed E-state index contributed by atoms with van der Waals surface area (Å²) < 4.78 is 39.9. The summed E-state index contributed by atoms with van der Waals surface area (Å²) in [7, 11) is 0. The number of nitrogens with zero attached hydrogens (tertiary/aromatic N) is 1. The van der Waals surface area contributed by atoms with E-state index in [0.717, 1.165) is 6.07 Å². The Kier molecular flexibility index (Phi) is 5.69. The molecular weight excluding hydrogens is 371 g/mol. The normalized spacial score (nSPS) is 10.4. The van der Waals surface area contributed by atoms with Crippen LogP contribution in [0.15, 0.2) is 60.9 Å². The van der Waals surface area contributed by atoms with Crippen molar-refractivity contribution in [2.24, 2.45) is 0 Å². The highest BCUT2D eigenvalue weighted by Crippen LogP contribution is 2.16. The number of carbonyl (C=O) groups is 2. The monoisotopic (exact) mass is 385 g/mol. The van der Waals surface area contributed by atoms with E-state index in [-0.39, 0.29) is 12.5 Å². The van der Waals surface area contributed by atoms with E-state index < -0.39 is 28.9 Å². The molecule has 0 saturated carbocycles. The first kappa shape index (κ1) is 19.1. The molecule has 1 heterocycles. The lowest BCUT2D eigenvalue weighted by atomic mass is 10.1. The molecule has 0 atom stereocenters. The van der Waals surface area contributed by atoms with Gasteiger partial charge >= 0.3 is 0 Å². The second kappa shape index (κ2) is 8.34. The van der Waals surface area contributed by atoms with E-state index in [9.17, 15) is 22.8 Å². The molecule has 0 aliphatic heterocycles. The zero-order valence-corrected chi connectivity index (χ0v) is 14.4. The first-order chi connectivity index (χ1) is 13.5. The maximum atomic E-state index is 13.7. The number of carbonyl (C=O) groups excluding carboxylic acids is 2. The number of aromatic nitrogens is 1. The van der Waals surface area contributed by atoms with Crippen molar-refractivity contribution in [3.63, 3.8) is 0 Å². The van der Waals surface area contributed by atoms with Gasteiger partial charge in [0.1, 0.15) is 0 Å². The molecule has 3 rings (SSSR count). The van der Waals surface area contributed by atoms with Crippen molar-refractivity contribution in [3.8, 4) is 0 Å². The van der Waals surface area contributed by atoms with Gasteiger partial charge in [-0.1, -0.05) is 12.1 Å². The van der Waals surface area contributed by atoms with Crippen molar-refractivity contribution in [2.75, 3.05) is 5.32 Å². The maximum Gasteiger partial charge on any atom is 0.257 e. The molecule has 0 unspecified atom stereocenters. The molecule has 2 amide bonds. The van der Waals surface area contributed by atoms with E-state index in [1.165, 1.54) is 6.20 Å². The van der Waals surface area contributed by atoms with Crippen LogP contribution in [0.25, 0.3) is 0 Å². The molecule has 0 aliphatic carbocycles. The molecule has 1 aromatic heterocycles. The lowest BCUT2D eigenvalue weighted by molar-refractivity contribution is 0.0944. The highest BCUT2D eigenvalue weighted by molar-refractivity contribution is 6.04. The number of rotatable bonds is 5. The van der Waals surface area contributed by atoms with Crippen LogP contribution in [0, 0.1) is 17.5 Å². The van der Waals surface area contributed by atoms with E-state index >= 15 is 0 Å². The minimum Gasteiger partial charge on any atom is -0.348 e. The van der Waals surface area contributed by atoms with Gasteiger partial charge in [-0.05, 0) is 42.0 Å². The zero-order valence-electron chi connectivity index (χ0n) is 14.4. The van der Waals surface area contributed by atoms with Crippen LogP contribution in [0.2, 0.25) is 0 Å². The van der Waals surface area contributed by atoms with E-state index in [4.69, 9.17) is 0 Å². The average molecular weight is 385 g/mol. The summed E-state index contributed by atoms with van der Waals surface area (Å²) in [6, 6.07) is 11.4. The third-order valence-electron chi connectivity index (χ3n) is 3.84. The smallest absolute Gasteiger partial charge is 0.257 e. The van der Waals surface area contributed by atoms with Gasteiger partial charge in [0, 0.05) is 24.6 Å². The summed E-state index contributed by atoms with van der Waals surface area (Å²) in [6.45, 7) is -0.00608. The molecule has 0 aliphatic rings. The van der Waals surface area contributed by atoms with Crippen LogP contribution in [0.4, 0.5) is 18.9 Å². The number of hydrogen-bond donors (Lipinski definition) is 2. The maximum absolute atomic E-state index is 13.7. The summed E-state index contributed by atoms with van der Waals surface area (Å²) >= 11 is 0. The predicted molar refractivity (Wildman–Crippen MR) is 96.1 cm³/mol.